The standard InChI is InChI=1S/C12H25N3O2S/c13-7-6-12-5-4-10-15(11-12)18(16,17)14-8-2-1-3-9-14/h12H,1-11,13H2. The average molecular weight is 275 g/mol. The van der Waals surface area contributed by atoms with Crippen molar-refractivity contribution in [2.75, 3.05) is 32.7 Å². The van der Waals surface area contributed by atoms with Gasteiger partial charge in [0.05, 0.1) is 0 Å². The molecule has 2 saturated heterocycles. The van der Waals surface area contributed by atoms with E-state index in [0.29, 0.717) is 38.6 Å². The minimum absolute atomic E-state index is 0.448. The molecule has 0 saturated carbocycles. The van der Waals surface area contributed by atoms with Crippen molar-refractivity contribution in [1.82, 2.24) is 8.61 Å². The molecular weight excluding hydrogens is 250 g/mol. The third-order valence-electron chi connectivity index (χ3n) is 4.02. The van der Waals surface area contributed by atoms with Crippen LogP contribution in [0.4, 0.5) is 0 Å². The van der Waals surface area contributed by atoms with Crippen LogP contribution in [0.25, 0.3) is 0 Å². The van der Waals surface area contributed by atoms with E-state index >= 15 is 0 Å². The molecule has 1 atom stereocenters. The second-order valence-corrected chi connectivity index (χ2v) is 7.34. The SMILES string of the molecule is NCCC1CCCN(S(=O)(=O)N2CCCCC2)C1. The number of hydrogen-bond acceptors (Lipinski definition) is 3. The Labute approximate surface area is 110 Å². The largest absolute Gasteiger partial charge is 0.330 e. The fraction of sp³-hybridized carbons (Fsp3) is 1.00. The maximum absolute atomic E-state index is 12.5. The van der Waals surface area contributed by atoms with Gasteiger partial charge in [0, 0.05) is 26.2 Å². The van der Waals surface area contributed by atoms with Crippen molar-refractivity contribution < 1.29 is 8.42 Å². The molecule has 2 N–H and O–H groups in total. The van der Waals surface area contributed by atoms with Crippen molar-refractivity contribution in [2.45, 2.75) is 38.5 Å². The van der Waals surface area contributed by atoms with Gasteiger partial charge in [-0.15, -0.1) is 0 Å². The molecule has 0 aromatic rings. The summed E-state index contributed by atoms with van der Waals surface area (Å²) in [6.07, 6.45) is 6.17. The first-order chi connectivity index (χ1) is 8.64. The smallest absolute Gasteiger partial charge is 0.281 e. The van der Waals surface area contributed by atoms with Gasteiger partial charge < -0.3 is 5.73 Å². The van der Waals surface area contributed by atoms with Crippen molar-refractivity contribution in [3.63, 3.8) is 0 Å². The van der Waals surface area contributed by atoms with Gasteiger partial charge in [-0.1, -0.05) is 6.42 Å². The van der Waals surface area contributed by atoms with Gasteiger partial charge in [0.25, 0.3) is 10.2 Å². The molecule has 18 heavy (non-hydrogen) atoms. The van der Waals surface area contributed by atoms with E-state index in [-0.39, 0.29) is 0 Å². The molecule has 2 heterocycles. The van der Waals surface area contributed by atoms with Gasteiger partial charge in [0.1, 0.15) is 0 Å². The van der Waals surface area contributed by atoms with E-state index in [1.54, 1.807) is 8.61 Å². The monoisotopic (exact) mass is 275 g/mol. The van der Waals surface area contributed by atoms with Crippen LogP contribution < -0.4 is 5.73 Å². The molecule has 0 bridgehead atoms. The molecule has 0 amide bonds. The van der Waals surface area contributed by atoms with Gasteiger partial charge in [0.15, 0.2) is 0 Å². The fourth-order valence-electron chi connectivity index (χ4n) is 2.97. The van der Waals surface area contributed by atoms with Crippen molar-refractivity contribution in [3.05, 3.63) is 0 Å². The molecule has 1 unspecified atom stereocenters. The van der Waals surface area contributed by atoms with E-state index < -0.39 is 10.2 Å². The second kappa shape index (κ2) is 6.32. The molecule has 0 aromatic carbocycles. The minimum Gasteiger partial charge on any atom is -0.330 e. The van der Waals surface area contributed by atoms with E-state index in [2.05, 4.69) is 0 Å². The normalized spacial score (nSPS) is 28.4. The van der Waals surface area contributed by atoms with Crippen LogP contribution in [0.5, 0.6) is 0 Å². The number of piperidine rings is 2. The van der Waals surface area contributed by atoms with Crippen molar-refractivity contribution >= 4 is 10.2 Å². The highest BCUT2D eigenvalue weighted by Gasteiger charge is 2.33. The molecule has 5 nitrogen and oxygen atoms in total. The Balaban J connectivity index is 1.99. The van der Waals surface area contributed by atoms with E-state index in [4.69, 9.17) is 5.73 Å². The first-order valence-corrected chi connectivity index (χ1v) is 8.49. The molecule has 2 aliphatic rings. The van der Waals surface area contributed by atoms with E-state index in [1.165, 1.54) is 0 Å². The van der Waals surface area contributed by atoms with Gasteiger partial charge >= 0.3 is 0 Å². The van der Waals surface area contributed by atoms with Crippen LogP contribution in [0.1, 0.15) is 38.5 Å². The van der Waals surface area contributed by atoms with Crippen LogP contribution in [0, 0.1) is 5.92 Å². The van der Waals surface area contributed by atoms with E-state index in [9.17, 15) is 8.42 Å². The average Bonchev–Trinajstić information content (AvgIpc) is 2.40. The van der Waals surface area contributed by atoms with Gasteiger partial charge in [-0.2, -0.15) is 17.0 Å². The highest BCUT2D eigenvalue weighted by molar-refractivity contribution is 7.86. The van der Waals surface area contributed by atoms with Crippen LogP contribution in [-0.2, 0) is 10.2 Å². The number of nitrogens with zero attached hydrogens (tertiary/aromatic N) is 2. The molecule has 2 aliphatic heterocycles. The third-order valence-corrected chi connectivity index (χ3v) is 6.03. The maximum atomic E-state index is 12.5. The van der Waals surface area contributed by atoms with Crippen LogP contribution in [0.15, 0.2) is 0 Å². The van der Waals surface area contributed by atoms with Crippen molar-refractivity contribution in [1.29, 1.82) is 0 Å². The Bertz CT molecular complexity index is 350. The minimum atomic E-state index is -3.21. The number of hydrogen-bond donors (Lipinski definition) is 1. The van der Waals surface area contributed by atoms with Gasteiger partial charge in [-0.3, -0.25) is 0 Å². The predicted octanol–water partition coefficient (Wildman–Crippen LogP) is 0.778. The van der Waals surface area contributed by atoms with Crippen molar-refractivity contribution in [3.8, 4) is 0 Å². The van der Waals surface area contributed by atoms with Crippen LogP contribution in [0.3, 0.4) is 0 Å². The lowest BCUT2D eigenvalue weighted by molar-refractivity contribution is 0.232. The van der Waals surface area contributed by atoms with Gasteiger partial charge in [-0.25, -0.2) is 0 Å². The number of nitrogens with two attached hydrogens (primary N) is 1. The summed E-state index contributed by atoms with van der Waals surface area (Å²) in [6.45, 7) is 3.39. The van der Waals surface area contributed by atoms with Crippen LogP contribution >= 0.6 is 0 Å². The zero-order valence-corrected chi connectivity index (χ0v) is 11.9. The summed E-state index contributed by atoms with van der Waals surface area (Å²) in [6, 6.07) is 0. The molecule has 2 fully saturated rings. The van der Waals surface area contributed by atoms with Crippen LogP contribution in [-0.4, -0.2) is 49.8 Å². The highest BCUT2D eigenvalue weighted by atomic mass is 32.2. The van der Waals surface area contributed by atoms with E-state index in [1.807, 2.05) is 0 Å². The Morgan fingerprint density at radius 1 is 1.00 bits per heavy atom. The fourth-order valence-corrected chi connectivity index (χ4v) is 4.77. The first kappa shape index (κ1) is 14.2. The molecule has 0 radical (unpaired) electrons. The summed E-state index contributed by atoms with van der Waals surface area (Å²) in [5.74, 6) is 0.448. The topological polar surface area (TPSA) is 66.6 Å². The summed E-state index contributed by atoms with van der Waals surface area (Å²) in [5.41, 5.74) is 5.58. The second-order valence-electron chi connectivity index (χ2n) is 5.41. The lowest BCUT2D eigenvalue weighted by Crippen LogP contribution is -2.49. The molecule has 6 heteroatoms. The highest BCUT2D eigenvalue weighted by Crippen LogP contribution is 2.24. The molecule has 106 valence electrons. The molecular formula is C12H25N3O2S. The molecule has 0 aromatic heterocycles. The Morgan fingerprint density at radius 2 is 1.67 bits per heavy atom. The number of rotatable bonds is 4. The lowest BCUT2D eigenvalue weighted by atomic mass is 9.96. The first-order valence-electron chi connectivity index (χ1n) is 7.10. The summed E-state index contributed by atoms with van der Waals surface area (Å²) < 4.78 is 28.4. The predicted molar refractivity (Wildman–Crippen MR) is 72.3 cm³/mol. The van der Waals surface area contributed by atoms with E-state index in [0.717, 1.165) is 38.5 Å². The summed E-state index contributed by atoms with van der Waals surface area (Å²) >= 11 is 0. The maximum Gasteiger partial charge on any atom is 0.281 e. The molecule has 2 rings (SSSR count). The summed E-state index contributed by atoms with van der Waals surface area (Å²) in [4.78, 5) is 0. The summed E-state index contributed by atoms with van der Waals surface area (Å²) in [7, 11) is -3.21. The summed E-state index contributed by atoms with van der Waals surface area (Å²) in [5, 5.41) is 0. The Kier molecular flexibility index (Phi) is 5.00. The molecule has 0 aliphatic carbocycles. The zero-order chi connectivity index (χ0) is 13.0. The zero-order valence-electron chi connectivity index (χ0n) is 11.1. The lowest BCUT2D eigenvalue weighted by Gasteiger charge is -2.36. The van der Waals surface area contributed by atoms with Gasteiger partial charge in [-0.05, 0) is 44.6 Å². The van der Waals surface area contributed by atoms with Crippen molar-refractivity contribution in [2.24, 2.45) is 11.7 Å². The van der Waals surface area contributed by atoms with Gasteiger partial charge in [0.2, 0.25) is 0 Å². The Hall–Kier alpha value is -0.170. The Morgan fingerprint density at radius 3 is 2.33 bits per heavy atom. The molecule has 0 spiro atoms. The van der Waals surface area contributed by atoms with Crippen LogP contribution in [0.2, 0.25) is 0 Å². The quantitative estimate of drug-likeness (QED) is 0.824. The third kappa shape index (κ3) is 3.23.